The summed E-state index contributed by atoms with van der Waals surface area (Å²) in [7, 11) is -1.15. The Balaban J connectivity index is 1.87. The van der Waals surface area contributed by atoms with E-state index < -0.39 is 8.07 Å². The molecule has 0 aliphatic heterocycles. The van der Waals surface area contributed by atoms with E-state index in [1.54, 1.807) is 11.3 Å². The van der Waals surface area contributed by atoms with Crippen molar-refractivity contribution in [2.75, 3.05) is 0 Å². The molecule has 0 spiro atoms. The quantitative estimate of drug-likeness (QED) is 0.822. The Hall–Kier alpha value is -0.903. The molecule has 0 atom stereocenters. The Labute approximate surface area is 115 Å². The molecule has 1 heterocycles. The van der Waals surface area contributed by atoms with Crippen LogP contribution in [0.15, 0.2) is 41.1 Å². The smallest absolute Gasteiger partial charge is 0.0775 e. The van der Waals surface area contributed by atoms with Gasteiger partial charge >= 0.3 is 0 Å². The first-order chi connectivity index (χ1) is 8.55. The molecule has 1 N–H and O–H groups in total. The van der Waals surface area contributed by atoms with E-state index in [2.05, 4.69) is 66.0 Å². The van der Waals surface area contributed by atoms with E-state index in [0.717, 1.165) is 13.1 Å². The van der Waals surface area contributed by atoms with Crippen molar-refractivity contribution in [2.45, 2.75) is 32.7 Å². The van der Waals surface area contributed by atoms with E-state index in [9.17, 15) is 0 Å². The van der Waals surface area contributed by atoms with Gasteiger partial charge in [0.05, 0.1) is 8.07 Å². The fourth-order valence-corrected chi connectivity index (χ4v) is 3.70. The molecule has 0 saturated heterocycles. The average Bonchev–Trinajstić information content (AvgIpc) is 2.82. The Morgan fingerprint density at radius 2 is 1.61 bits per heavy atom. The molecule has 0 fully saturated rings. The Bertz CT molecular complexity index is 468. The maximum atomic E-state index is 3.48. The lowest BCUT2D eigenvalue weighted by Crippen LogP contribution is -2.37. The van der Waals surface area contributed by atoms with Crippen LogP contribution in [0.2, 0.25) is 19.6 Å². The maximum absolute atomic E-state index is 3.48. The monoisotopic (exact) mass is 275 g/mol. The summed E-state index contributed by atoms with van der Waals surface area (Å²) in [5.41, 5.74) is 2.74. The SMILES string of the molecule is C[Si](C)(C)c1ccc(CNCc2ccsc2)cc1. The second-order valence-electron chi connectivity index (χ2n) is 5.68. The zero-order chi connectivity index (χ0) is 13.0. The van der Waals surface area contributed by atoms with E-state index in [1.807, 2.05) is 0 Å². The standard InChI is InChI=1S/C15H21NSSi/c1-18(2,3)15-6-4-13(5-7-15)10-16-11-14-8-9-17-12-14/h4-9,12,16H,10-11H2,1-3H3. The van der Waals surface area contributed by atoms with Gasteiger partial charge in [0.1, 0.15) is 0 Å². The van der Waals surface area contributed by atoms with Gasteiger partial charge in [0.25, 0.3) is 0 Å². The molecule has 0 aliphatic rings. The van der Waals surface area contributed by atoms with Gasteiger partial charge in [-0.15, -0.1) is 0 Å². The molecule has 18 heavy (non-hydrogen) atoms. The molecule has 3 heteroatoms. The van der Waals surface area contributed by atoms with Gasteiger partial charge in [0.15, 0.2) is 0 Å². The molecular weight excluding hydrogens is 254 g/mol. The third-order valence-corrected chi connectivity index (χ3v) is 5.86. The molecule has 0 aliphatic carbocycles. The van der Waals surface area contributed by atoms with Crippen LogP contribution in [-0.4, -0.2) is 8.07 Å². The normalized spacial score (nSPS) is 11.7. The van der Waals surface area contributed by atoms with Crippen LogP contribution in [0.1, 0.15) is 11.1 Å². The van der Waals surface area contributed by atoms with E-state index >= 15 is 0 Å². The van der Waals surface area contributed by atoms with Gasteiger partial charge in [-0.25, -0.2) is 0 Å². The third kappa shape index (κ3) is 3.80. The van der Waals surface area contributed by atoms with Crippen molar-refractivity contribution in [3.05, 3.63) is 52.2 Å². The number of benzene rings is 1. The molecule has 0 amide bonds. The highest BCUT2D eigenvalue weighted by Crippen LogP contribution is 2.07. The summed E-state index contributed by atoms with van der Waals surface area (Å²) in [6, 6.07) is 11.3. The summed E-state index contributed by atoms with van der Waals surface area (Å²) < 4.78 is 0. The fraction of sp³-hybridized carbons (Fsp3) is 0.333. The van der Waals surface area contributed by atoms with Gasteiger partial charge in [0, 0.05) is 13.1 Å². The van der Waals surface area contributed by atoms with Crippen LogP contribution in [0.3, 0.4) is 0 Å². The van der Waals surface area contributed by atoms with Crippen LogP contribution in [0.25, 0.3) is 0 Å². The summed E-state index contributed by atoms with van der Waals surface area (Å²) in [5, 5.41) is 9.33. The largest absolute Gasteiger partial charge is 0.309 e. The summed E-state index contributed by atoms with van der Waals surface area (Å²) in [6.07, 6.45) is 0. The van der Waals surface area contributed by atoms with E-state index in [4.69, 9.17) is 0 Å². The van der Waals surface area contributed by atoms with Gasteiger partial charge < -0.3 is 5.32 Å². The van der Waals surface area contributed by atoms with Gasteiger partial charge in [-0.1, -0.05) is 49.1 Å². The highest BCUT2D eigenvalue weighted by Gasteiger charge is 2.15. The molecule has 1 aromatic heterocycles. The van der Waals surface area contributed by atoms with E-state index in [0.29, 0.717) is 0 Å². The number of nitrogens with one attached hydrogen (secondary N) is 1. The second-order valence-corrected chi connectivity index (χ2v) is 11.5. The Kier molecular flexibility index (Phi) is 4.38. The van der Waals surface area contributed by atoms with Crippen molar-refractivity contribution in [3.63, 3.8) is 0 Å². The molecule has 1 aromatic carbocycles. The summed E-state index contributed by atoms with van der Waals surface area (Å²) in [6.45, 7) is 9.06. The molecule has 1 nitrogen and oxygen atoms in total. The highest BCUT2D eigenvalue weighted by atomic mass is 32.1. The van der Waals surface area contributed by atoms with Gasteiger partial charge in [-0.2, -0.15) is 11.3 Å². The van der Waals surface area contributed by atoms with Crippen LogP contribution in [0.5, 0.6) is 0 Å². The third-order valence-electron chi connectivity index (χ3n) is 3.06. The second kappa shape index (κ2) is 5.82. The first kappa shape index (κ1) is 13.5. The van der Waals surface area contributed by atoms with Crippen molar-refractivity contribution < 1.29 is 0 Å². The van der Waals surface area contributed by atoms with Crippen LogP contribution in [0, 0.1) is 0 Å². The van der Waals surface area contributed by atoms with Crippen molar-refractivity contribution >= 4 is 24.6 Å². The molecule has 0 unspecified atom stereocenters. The minimum Gasteiger partial charge on any atom is -0.309 e. The van der Waals surface area contributed by atoms with Crippen LogP contribution >= 0.6 is 11.3 Å². The number of hydrogen-bond acceptors (Lipinski definition) is 2. The fourth-order valence-electron chi connectivity index (χ4n) is 1.87. The molecular formula is C15H21NSSi. The average molecular weight is 275 g/mol. The van der Waals surface area contributed by atoms with Crippen molar-refractivity contribution in [2.24, 2.45) is 0 Å². The molecule has 2 aromatic rings. The summed E-state index contributed by atoms with van der Waals surface area (Å²) in [5.74, 6) is 0. The van der Waals surface area contributed by atoms with E-state index in [1.165, 1.54) is 16.3 Å². The maximum Gasteiger partial charge on any atom is 0.0775 e. The predicted molar refractivity (Wildman–Crippen MR) is 84.3 cm³/mol. The zero-order valence-corrected chi connectivity index (χ0v) is 13.2. The van der Waals surface area contributed by atoms with Crippen molar-refractivity contribution in [3.8, 4) is 0 Å². The first-order valence-corrected chi connectivity index (χ1v) is 10.8. The van der Waals surface area contributed by atoms with Crippen LogP contribution < -0.4 is 10.5 Å². The minimum absolute atomic E-state index is 0.946. The van der Waals surface area contributed by atoms with Gasteiger partial charge in [-0.05, 0) is 28.0 Å². The van der Waals surface area contributed by atoms with Crippen LogP contribution in [-0.2, 0) is 13.1 Å². The van der Waals surface area contributed by atoms with Crippen molar-refractivity contribution in [1.82, 2.24) is 5.32 Å². The van der Waals surface area contributed by atoms with Crippen LogP contribution in [0.4, 0.5) is 0 Å². The molecule has 0 radical (unpaired) electrons. The number of rotatable bonds is 5. The predicted octanol–water partition coefficient (Wildman–Crippen LogP) is 3.58. The lowest BCUT2D eigenvalue weighted by Gasteiger charge is -2.16. The Morgan fingerprint density at radius 3 is 2.17 bits per heavy atom. The lowest BCUT2D eigenvalue weighted by atomic mass is 10.2. The number of thiophene rings is 1. The molecule has 0 saturated carbocycles. The molecule has 96 valence electrons. The highest BCUT2D eigenvalue weighted by molar-refractivity contribution is 7.07. The van der Waals surface area contributed by atoms with Crippen molar-refractivity contribution in [1.29, 1.82) is 0 Å². The van der Waals surface area contributed by atoms with E-state index in [-0.39, 0.29) is 0 Å². The first-order valence-electron chi connectivity index (χ1n) is 6.37. The topological polar surface area (TPSA) is 12.0 Å². The molecule has 2 rings (SSSR count). The van der Waals surface area contributed by atoms with Gasteiger partial charge in [-0.3, -0.25) is 0 Å². The zero-order valence-electron chi connectivity index (χ0n) is 11.4. The lowest BCUT2D eigenvalue weighted by molar-refractivity contribution is 0.695. The summed E-state index contributed by atoms with van der Waals surface area (Å²) >= 11 is 1.76. The van der Waals surface area contributed by atoms with Gasteiger partial charge in [0.2, 0.25) is 0 Å². The number of hydrogen-bond donors (Lipinski definition) is 1. The minimum atomic E-state index is -1.15. The Morgan fingerprint density at radius 1 is 0.944 bits per heavy atom. The molecule has 0 bridgehead atoms. The summed E-state index contributed by atoms with van der Waals surface area (Å²) in [4.78, 5) is 0.